The van der Waals surface area contributed by atoms with E-state index in [9.17, 15) is 34.2 Å². The average molecular weight is 579 g/mol. The Bertz CT molecular complexity index is 1140. The van der Waals surface area contributed by atoms with Crippen molar-refractivity contribution >= 4 is 41.4 Å². The van der Waals surface area contributed by atoms with Crippen LogP contribution in [-0.4, -0.2) is 91.1 Å². The number of nitrogens with one attached hydrogen (secondary N) is 4. The number of carbonyl (C=O) groups excluding carboxylic acids is 3. The number of amides is 3. The molecule has 2 rings (SSSR count). The van der Waals surface area contributed by atoms with Gasteiger partial charge in [0.2, 0.25) is 17.7 Å². The Labute approximate surface area is 234 Å². The largest absolute Gasteiger partial charge is 0.508 e. The lowest BCUT2D eigenvalue weighted by Gasteiger charge is -2.25. The molecule has 15 heteroatoms. The SMILES string of the molecule is CSCCC(N)C(=O)NC(CCC(=O)O)C(=O)NC(Cc1cnc[nH]1)C(=O)NC(Cc1ccc(O)cc1)C(=O)O. The highest BCUT2D eigenvalue weighted by molar-refractivity contribution is 7.98. The standard InChI is InChI=1S/C25H34N6O8S/c1-40-9-8-17(26)22(35)29-18(6-7-21(33)34)23(36)30-19(11-15-12-27-13-28-15)24(37)31-20(25(38)39)10-14-2-4-16(32)5-3-14/h2-5,12-13,17-20,32H,6-11,26H2,1H3,(H,27,28)(H,29,35)(H,30,36)(H,31,37)(H,33,34)(H,38,39). The van der Waals surface area contributed by atoms with Crippen LogP contribution in [0.15, 0.2) is 36.8 Å². The minimum atomic E-state index is -1.37. The molecule has 0 aliphatic heterocycles. The van der Waals surface area contributed by atoms with Crippen LogP contribution in [0.3, 0.4) is 0 Å². The first-order valence-electron chi connectivity index (χ1n) is 12.4. The normalized spacial score (nSPS) is 13.8. The Balaban J connectivity index is 2.21. The molecule has 0 radical (unpaired) electrons. The average Bonchev–Trinajstić information content (AvgIpc) is 3.42. The van der Waals surface area contributed by atoms with Gasteiger partial charge in [0.15, 0.2) is 0 Å². The quantitative estimate of drug-likeness (QED) is 0.118. The van der Waals surface area contributed by atoms with Gasteiger partial charge in [-0.05, 0) is 42.5 Å². The molecule has 1 heterocycles. The molecule has 0 saturated carbocycles. The zero-order valence-corrected chi connectivity index (χ0v) is 22.6. The van der Waals surface area contributed by atoms with E-state index in [0.29, 0.717) is 23.4 Å². The number of H-pyrrole nitrogens is 1. The Kier molecular flexibility index (Phi) is 12.9. The summed E-state index contributed by atoms with van der Waals surface area (Å²) in [6.45, 7) is 0. The number of aromatic amines is 1. The summed E-state index contributed by atoms with van der Waals surface area (Å²) >= 11 is 1.49. The Morgan fingerprint density at radius 1 is 0.925 bits per heavy atom. The van der Waals surface area contributed by atoms with E-state index in [1.165, 1.54) is 48.6 Å². The van der Waals surface area contributed by atoms with Gasteiger partial charge in [-0.15, -0.1) is 0 Å². The third-order valence-electron chi connectivity index (χ3n) is 5.85. The number of thioether (sulfide) groups is 1. The number of aromatic nitrogens is 2. The second-order valence-electron chi connectivity index (χ2n) is 8.99. The number of aromatic hydroxyl groups is 1. The summed E-state index contributed by atoms with van der Waals surface area (Å²) in [6, 6.07) is 0.897. The summed E-state index contributed by atoms with van der Waals surface area (Å²) in [5, 5.41) is 35.7. The van der Waals surface area contributed by atoms with E-state index in [1.807, 2.05) is 6.26 Å². The van der Waals surface area contributed by atoms with Crippen molar-refractivity contribution in [2.75, 3.05) is 12.0 Å². The molecular weight excluding hydrogens is 544 g/mol. The third kappa shape index (κ3) is 10.9. The molecule has 9 N–H and O–H groups in total. The number of carbonyl (C=O) groups is 5. The van der Waals surface area contributed by atoms with Crippen LogP contribution >= 0.6 is 11.8 Å². The van der Waals surface area contributed by atoms with Gasteiger partial charge in [0.1, 0.15) is 23.9 Å². The molecule has 218 valence electrons. The van der Waals surface area contributed by atoms with E-state index >= 15 is 0 Å². The predicted molar refractivity (Wildman–Crippen MR) is 145 cm³/mol. The summed E-state index contributed by atoms with van der Waals surface area (Å²) in [6.07, 6.45) is 4.06. The van der Waals surface area contributed by atoms with E-state index < -0.39 is 60.2 Å². The summed E-state index contributed by atoms with van der Waals surface area (Å²) in [5.74, 6) is -4.22. The van der Waals surface area contributed by atoms with Crippen LogP contribution < -0.4 is 21.7 Å². The number of carboxylic acids is 2. The monoisotopic (exact) mass is 578 g/mol. The van der Waals surface area contributed by atoms with Gasteiger partial charge in [-0.25, -0.2) is 9.78 Å². The van der Waals surface area contributed by atoms with Crippen LogP contribution in [0.2, 0.25) is 0 Å². The van der Waals surface area contributed by atoms with Crippen molar-refractivity contribution in [3.8, 4) is 5.75 Å². The number of nitrogens with zero attached hydrogens (tertiary/aromatic N) is 1. The van der Waals surface area contributed by atoms with Crippen LogP contribution in [0.4, 0.5) is 0 Å². The number of benzene rings is 1. The van der Waals surface area contributed by atoms with E-state index in [2.05, 4.69) is 25.9 Å². The Morgan fingerprint density at radius 2 is 1.55 bits per heavy atom. The first-order valence-corrected chi connectivity index (χ1v) is 13.7. The minimum absolute atomic E-state index is 0.00301. The highest BCUT2D eigenvalue weighted by Gasteiger charge is 2.31. The predicted octanol–water partition coefficient (Wildman–Crippen LogP) is -0.615. The fraction of sp³-hybridized carbons (Fsp3) is 0.440. The van der Waals surface area contributed by atoms with Crippen LogP contribution in [-0.2, 0) is 36.8 Å². The summed E-state index contributed by atoms with van der Waals surface area (Å²) in [4.78, 5) is 68.7. The molecule has 0 spiro atoms. The van der Waals surface area contributed by atoms with Crippen LogP contribution in [0.25, 0.3) is 0 Å². The first-order chi connectivity index (χ1) is 19.0. The number of hydrogen-bond acceptors (Lipinski definition) is 9. The molecule has 0 bridgehead atoms. The van der Waals surface area contributed by atoms with Crippen LogP contribution in [0.5, 0.6) is 5.75 Å². The van der Waals surface area contributed by atoms with Gasteiger partial charge < -0.3 is 42.0 Å². The molecule has 1 aromatic heterocycles. The van der Waals surface area contributed by atoms with Crippen molar-refractivity contribution in [3.63, 3.8) is 0 Å². The topological polar surface area (TPSA) is 237 Å². The van der Waals surface area contributed by atoms with Crippen molar-refractivity contribution < 1.29 is 39.3 Å². The van der Waals surface area contributed by atoms with Crippen molar-refractivity contribution in [2.24, 2.45) is 5.73 Å². The number of hydrogen-bond donors (Lipinski definition) is 8. The molecule has 3 amide bonds. The highest BCUT2D eigenvalue weighted by atomic mass is 32.2. The minimum Gasteiger partial charge on any atom is -0.508 e. The fourth-order valence-electron chi connectivity index (χ4n) is 3.63. The van der Waals surface area contributed by atoms with E-state index in [1.54, 1.807) is 0 Å². The lowest BCUT2D eigenvalue weighted by Crippen LogP contribution is -2.58. The zero-order chi connectivity index (χ0) is 29.7. The number of imidazole rings is 1. The van der Waals surface area contributed by atoms with Gasteiger partial charge in [-0.1, -0.05) is 12.1 Å². The van der Waals surface area contributed by atoms with Gasteiger partial charge in [0, 0.05) is 31.2 Å². The number of rotatable bonds is 17. The molecule has 2 aromatic rings. The zero-order valence-electron chi connectivity index (χ0n) is 21.8. The number of nitrogens with two attached hydrogens (primary N) is 1. The van der Waals surface area contributed by atoms with Crippen molar-refractivity contribution in [1.82, 2.24) is 25.9 Å². The molecule has 14 nitrogen and oxygen atoms in total. The summed E-state index contributed by atoms with van der Waals surface area (Å²) in [7, 11) is 0. The van der Waals surface area contributed by atoms with Crippen molar-refractivity contribution in [3.05, 3.63) is 48.0 Å². The van der Waals surface area contributed by atoms with E-state index in [4.69, 9.17) is 10.8 Å². The smallest absolute Gasteiger partial charge is 0.326 e. The number of phenols is 1. The molecule has 4 unspecified atom stereocenters. The number of carboxylic acid groups (broad SMARTS) is 2. The van der Waals surface area contributed by atoms with Gasteiger partial charge in [-0.3, -0.25) is 19.2 Å². The molecule has 1 aromatic carbocycles. The fourth-order valence-corrected chi connectivity index (χ4v) is 4.12. The molecule has 0 fully saturated rings. The third-order valence-corrected chi connectivity index (χ3v) is 6.50. The Morgan fingerprint density at radius 3 is 2.12 bits per heavy atom. The molecule has 40 heavy (non-hydrogen) atoms. The lowest BCUT2D eigenvalue weighted by atomic mass is 10.0. The van der Waals surface area contributed by atoms with Crippen molar-refractivity contribution in [2.45, 2.75) is 56.3 Å². The molecule has 4 atom stereocenters. The Hall–Kier alpha value is -4.11. The number of phenolic OH excluding ortho intramolecular Hbond substituents is 1. The van der Waals surface area contributed by atoms with Crippen molar-refractivity contribution in [1.29, 1.82) is 0 Å². The van der Waals surface area contributed by atoms with Gasteiger partial charge in [-0.2, -0.15) is 11.8 Å². The second kappa shape index (κ2) is 16.1. The molecule has 0 aliphatic carbocycles. The van der Waals surface area contributed by atoms with E-state index in [0.717, 1.165) is 0 Å². The highest BCUT2D eigenvalue weighted by Crippen LogP contribution is 2.12. The second-order valence-corrected chi connectivity index (χ2v) is 9.98. The van der Waals surface area contributed by atoms with Gasteiger partial charge in [0.25, 0.3) is 0 Å². The molecule has 0 aliphatic rings. The number of aliphatic carboxylic acids is 2. The maximum absolute atomic E-state index is 13.2. The summed E-state index contributed by atoms with van der Waals surface area (Å²) in [5.41, 5.74) is 6.87. The maximum Gasteiger partial charge on any atom is 0.326 e. The first kappa shape index (κ1) is 32.1. The van der Waals surface area contributed by atoms with Crippen LogP contribution in [0.1, 0.15) is 30.5 Å². The van der Waals surface area contributed by atoms with E-state index in [-0.39, 0.29) is 25.0 Å². The molecular formula is C25H34N6O8S. The molecule has 0 saturated heterocycles. The maximum atomic E-state index is 13.2. The van der Waals surface area contributed by atoms with Gasteiger partial charge in [0.05, 0.1) is 12.4 Å². The lowest BCUT2D eigenvalue weighted by molar-refractivity contribution is -0.142. The van der Waals surface area contributed by atoms with Gasteiger partial charge >= 0.3 is 11.9 Å². The summed E-state index contributed by atoms with van der Waals surface area (Å²) < 4.78 is 0. The van der Waals surface area contributed by atoms with Crippen LogP contribution in [0, 0.1) is 0 Å².